The normalized spacial score (nSPS) is 23.2. The van der Waals surface area contributed by atoms with E-state index in [1.807, 2.05) is 6.92 Å². The van der Waals surface area contributed by atoms with E-state index in [0.717, 1.165) is 0 Å². The predicted molar refractivity (Wildman–Crippen MR) is 49.1 cm³/mol. The second kappa shape index (κ2) is 3.77. The van der Waals surface area contributed by atoms with Gasteiger partial charge < -0.3 is 9.80 Å². The summed E-state index contributed by atoms with van der Waals surface area (Å²) in [4.78, 5) is 25.7. The first-order valence-electron chi connectivity index (χ1n) is 4.55. The zero-order valence-electron chi connectivity index (χ0n) is 8.41. The summed E-state index contributed by atoms with van der Waals surface area (Å²) in [6, 6.07) is 0.148. The van der Waals surface area contributed by atoms with Gasteiger partial charge in [0.05, 0.1) is 0 Å². The fourth-order valence-corrected chi connectivity index (χ4v) is 1.71. The Labute approximate surface area is 78.5 Å². The van der Waals surface area contributed by atoms with E-state index in [4.69, 9.17) is 0 Å². The number of carbonyl (C=O) groups excluding carboxylic acids is 2. The van der Waals surface area contributed by atoms with Crippen molar-refractivity contribution >= 4 is 11.8 Å². The number of nitrogens with zero attached hydrogens (tertiary/aromatic N) is 2. The highest BCUT2D eigenvalue weighted by molar-refractivity contribution is 5.76. The van der Waals surface area contributed by atoms with Crippen LogP contribution >= 0.6 is 0 Å². The summed E-state index contributed by atoms with van der Waals surface area (Å²) in [7, 11) is 0. The highest BCUT2D eigenvalue weighted by Crippen LogP contribution is 2.09. The van der Waals surface area contributed by atoms with Crippen molar-refractivity contribution in [2.24, 2.45) is 0 Å². The number of hydrogen-bond donors (Lipinski definition) is 0. The topological polar surface area (TPSA) is 40.6 Å². The largest absolute Gasteiger partial charge is 0.339 e. The fourth-order valence-electron chi connectivity index (χ4n) is 1.71. The van der Waals surface area contributed by atoms with Gasteiger partial charge in [-0.1, -0.05) is 0 Å². The van der Waals surface area contributed by atoms with Crippen LogP contribution in [0.4, 0.5) is 0 Å². The molecule has 0 aliphatic carbocycles. The number of carbonyl (C=O) groups is 2. The molecule has 0 aromatic carbocycles. The van der Waals surface area contributed by atoms with Crippen LogP contribution in [0, 0.1) is 0 Å². The predicted octanol–water partition coefficient (Wildman–Crippen LogP) is 0.0855. The molecule has 0 bridgehead atoms. The van der Waals surface area contributed by atoms with Gasteiger partial charge in [-0.3, -0.25) is 9.59 Å². The number of rotatable bonds is 0. The summed E-state index contributed by atoms with van der Waals surface area (Å²) >= 11 is 0. The monoisotopic (exact) mass is 184 g/mol. The van der Waals surface area contributed by atoms with Gasteiger partial charge in [0.1, 0.15) is 0 Å². The number of amides is 2. The Bertz CT molecular complexity index is 228. The van der Waals surface area contributed by atoms with Crippen LogP contribution in [0.15, 0.2) is 0 Å². The lowest BCUT2D eigenvalue weighted by Gasteiger charge is -2.39. The quantitative estimate of drug-likeness (QED) is 0.535. The lowest BCUT2D eigenvalue weighted by molar-refractivity contribution is -0.139. The molecule has 1 heterocycles. The first kappa shape index (κ1) is 10.0. The van der Waals surface area contributed by atoms with E-state index in [1.165, 1.54) is 0 Å². The molecule has 1 rings (SSSR count). The molecule has 1 saturated heterocycles. The first-order chi connectivity index (χ1) is 6.02. The van der Waals surface area contributed by atoms with Gasteiger partial charge in [-0.05, 0) is 6.92 Å². The van der Waals surface area contributed by atoms with Crippen LogP contribution in [0.3, 0.4) is 0 Å². The third kappa shape index (κ3) is 2.20. The average molecular weight is 184 g/mol. The SMILES string of the molecule is CC(=O)N1CCN(C(C)=O)[C@@H](C)C1. The van der Waals surface area contributed by atoms with Crippen LogP contribution in [0.1, 0.15) is 20.8 Å². The molecule has 0 unspecified atom stereocenters. The fraction of sp³-hybridized carbons (Fsp3) is 0.778. The Hall–Kier alpha value is -1.06. The lowest BCUT2D eigenvalue weighted by Crippen LogP contribution is -2.54. The highest BCUT2D eigenvalue weighted by atomic mass is 16.2. The van der Waals surface area contributed by atoms with Crippen LogP contribution < -0.4 is 0 Å². The van der Waals surface area contributed by atoms with E-state index in [9.17, 15) is 9.59 Å². The molecule has 4 nitrogen and oxygen atoms in total. The van der Waals surface area contributed by atoms with E-state index in [0.29, 0.717) is 19.6 Å². The summed E-state index contributed by atoms with van der Waals surface area (Å²) in [5, 5.41) is 0. The van der Waals surface area contributed by atoms with Crippen molar-refractivity contribution < 1.29 is 9.59 Å². The van der Waals surface area contributed by atoms with E-state index in [2.05, 4.69) is 0 Å². The van der Waals surface area contributed by atoms with Crippen LogP contribution in [0.2, 0.25) is 0 Å². The van der Waals surface area contributed by atoms with E-state index in [1.54, 1.807) is 23.6 Å². The zero-order chi connectivity index (χ0) is 10.0. The molecule has 1 aliphatic heterocycles. The van der Waals surface area contributed by atoms with Crippen LogP contribution in [0.5, 0.6) is 0 Å². The average Bonchev–Trinajstić information content (AvgIpc) is 2.03. The van der Waals surface area contributed by atoms with Crippen LogP contribution in [0.25, 0.3) is 0 Å². The van der Waals surface area contributed by atoms with Gasteiger partial charge in [0.2, 0.25) is 11.8 Å². The molecule has 74 valence electrons. The minimum absolute atomic E-state index is 0.0926. The summed E-state index contributed by atoms with van der Waals surface area (Å²) in [5.41, 5.74) is 0. The maximum atomic E-state index is 11.1. The van der Waals surface area contributed by atoms with Crippen LogP contribution in [-0.2, 0) is 9.59 Å². The van der Waals surface area contributed by atoms with Gasteiger partial charge in [0, 0.05) is 39.5 Å². The molecule has 0 aromatic rings. The Morgan fingerprint density at radius 1 is 1.15 bits per heavy atom. The summed E-state index contributed by atoms with van der Waals surface area (Å²) in [5.74, 6) is 0.186. The molecule has 0 N–H and O–H groups in total. The smallest absolute Gasteiger partial charge is 0.219 e. The number of hydrogen-bond acceptors (Lipinski definition) is 2. The summed E-state index contributed by atoms with van der Waals surface area (Å²) in [6.45, 7) is 7.09. The van der Waals surface area contributed by atoms with E-state index >= 15 is 0 Å². The molecule has 0 aromatic heterocycles. The van der Waals surface area contributed by atoms with Crippen molar-refractivity contribution in [2.75, 3.05) is 19.6 Å². The van der Waals surface area contributed by atoms with E-state index < -0.39 is 0 Å². The third-order valence-electron chi connectivity index (χ3n) is 2.48. The molecule has 1 atom stereocenters. The molecular weight excluding hydrogens is 168 g/mol. The molecule has 4 heteroatoms. The van der Waals surface area contributed by atoms with Gasteiger partial charge in [-0.2, -0.15) is 0 Å². The zero-order valence-corrected chi connectivity index (χ0v) is 8.41. The Morgan fingerprint density at radius 3 is 2.15 bits per heavy atom. The van der Waals surface area contributed by atoms with Gasteiger partial charge in [-0.15, -0.1) is 0 Å². The first-order valence-corrected chi connectivity index (χ1v) is 4.55. The molecule has 1 aliphatic rings. The highest BCUT2D eigenvalue weighted by Gasteiger charge is 2.26. The Kier molecular flexibility index (Phi) is 2.90. The second-order valence-corrected chi connectivity index (χ2v) is 3.53. The summed E-state index contributed by atoms with van der Waals surface area (Å²) < 4.78 is 0. The van der Waals surface area contributed by atoms with Crippen molar-refractivity contribution in [1.82, 2.24) is 9.80 Å². The van der Waals surface area contributed by atoms with Gasteiger partial charge >= 0.3 is 0 Å². The molecule has 0 spiro atoms. The Morgan fingerprint density at radius 2 is 1.77 bits per heavy atom. The number of piperazine rings is 1. The van der Waals surface area contributed by atoms with Gasteiger partial charge in [-0.25, -0.2) is 0 Å². The van der Waals surface area contributed by atoms with Gasteiger partial charge in [0.25, 0.3) is 0 Å². The van der Waals surface area contributed by atoms with E-state index in [-0.39, 0.29) is 17.9 Å². The molecule has 0 radical (unpaired) electrons. The third-order valence-corrected chi connectivity index (χ3v) is 2.48. The summed E-state index contributed by atoms with van der Waals surface area (Å²) in [6.07, 6.45) is 0. The maximum absolute atomic E-state index is 11.1. The van der Waals surface area contributed by atoms with Crippen molar-refractivity contribution in [3.05, 3.63) is 0 Å². The molecule has 1 fully saturated rings. The van der Waals surface area contributed by atoms with Gasteiger partial charge in [0.15, 0.2) is 0 Å². The van der Waals surface area contributed by atoms with Crippen molar-refractivity contribution in [2.45, 2.75) is 26.8 Å². The minimum atomic E-state index is 0.0926. The molecule has 13 heavy (non-hydrogen) atoms. The minimum Gasteiger partial charge on any atom is -0.339 e. The van der Waals surface area contributed by atoms with Crippen LogP contribution in [-0.4, -0.2) is 47.3 Å². The maximum Gasteiger partial charge on any atom is 0.219 e. The molecular formula is C9H16N2O2. The standard InChI is InChI=1S/C9H16N2O2/c1-7-6-10(8(2)12)4-5-11(7)9(3)13/h7H,4-6H2,1-3H3/t7-/m0/s1. The van der Waals surface area contributed by atoms with Crippen molar-refractivity contribution in [1.29, 1.82) is 0 Å². The van der Waals surface area contributed by atoms with Crippen molar-refractivity contribution in [3.63, 3.8) is 0 Å². The molecule has 2 amide bonds. The lowest BCUT2D eigenvalue weighted by atomic mass is 10.2. The second-order valence-electron chi connectivity index (χ2n) is 3.53. The molecule has 0 saturated carbocycles. The Balaban J connectivity index is 2.56. The van der Waals surface area contributed by atoms with Crippen molar-refractivity contribution in [3.8, 4) is 0 Å².